The molecule has 1 N–H and O–H groups in total. The first-order valence-electron chi connectivity index (χ1n) is 2.97. The lowest BCUT2D eigenvalue weighted by atomic mass is 10.8. The standard InChI is InChI=1S/C5H14N2OSi/c1-5(8)6-9-7(2,3)4/h9H2,1-4H3/p+1. The van der Waals surface area contributed by atoms with Crippen molar-refractivity contribution in [2.24, 2.45) is 0 Å². The lowest BCUT2D eigenvalue weighted by Crippen LogP contribution is -2.48. The van der Waals surface area contributed by atoms with Gasteiger partial charge in [0.05, 0.1) is 21.1 Å². The predicted molar refractivity (Wildman–Crippen MR) is 40.4 cm³/mol. The van der Waals surface area contributed by atoms with E-state index in [0.29, 0.717) is 0 Å². The van der Waals surface area contributed by atoms with Crippen molar-refractivity contribution in [1.82, 2.24) is 4.98 Å². The van der Waals surface area contributed by atoms with Crippen LogP contribution in [0.4, 0.5) is 0 Å². The maximum absolute atomic E-state index is 10.4. The average molecular weight is 147 g/mol. The van der Waals surface area contributed by atoms with Gasteiger partial charge < -0.3 is 9.13 Å². The molecule has 0 spiro atoms. The second-order valence-corrected chi connectivity index (χ2v) is 5.75. The van der Waals surface area contributed by atoms with E-state index in [1.807, 2.05) is 0 Å². The molecule has 1 amide bonds. The molecule has 0 saturated heterocycles. The molecule has 0 unspecified atom stereocenters. The van der Waals surface area contributed by atoms with E-state index in [0.717, 1.165) is 4.15 Å². The number of rotatable bonds is 2. The number of carbonyl (C=O) groups excluding carboxylic acids is 1. The second-order valence-electron chi connectivity index (χ2n) is 3.18. The van der Waals surface area contributed by atoms with E-state index in [4.69, 9.17) is 0 Å². The largest absolute Gasteiger partial charge is 0.379 e. The van der Waals surface area contributed by atoms with Crippen molar-refractivity contribution in [2.75, 3.05) is 21.1 Å². The van der Waals surface area contributed by atoms with Gasteiger partial charge in [-0.3, -0.25) is 4.79 Å². The van der Waals surface area contributed by atoms with Crippen LogP contribution in [0.5, 0.6) is 0 Å². The minimum atomic E-state index is -0.460. The summed E-state index contributed by atoms with van der Waals surface area (Å²) in [4.78, 5) is 13.3. The predicted octanol–water partition coefficient (Wildman–Crippen LogP) is -1.17. The zero-order valence-corrected chi connectivity index (χ0v) is 7.98. The summed E-state index contributed by atoms with van der Waals surface area (Å²) in [6.07, 6.45) is 0. The number of hydrogen-bond donors (Lipinski definition) is 1. The van der Waals surface area contributed by atoms with Crippen LogP contribution in [0.3, 0.4) is 0 Å². The van der Waals surface area contributed by atoms with Gasteiger partial charge in [0.25, 0.3) is 0 Å². The first-order chi connectivity index (χ1) is 3.92. The Hall–Kier alpha value is -0.353. The molecule has 0 bridgehead atoms. The lowest BCUT2D eigenvalue weighted by molar-refractivity contribution is -0.756. The number of carbonyl (C=O) groups is 1. The minimum Gasteiger partial charge on any atom is -0.379 e. The van der Waals surface area contributed by atoms with Gasteiger partial charge in [0.1, 0.15) is 0 Å². The van der Waals surface area contributed by atoms with E-state index in [-0.39, 0.29) is 5.91 Å². The van der Waals surface area contributed by atoms with Crippen LogP contribution < -0.4 is 4.98 Å². The Bertz CT molecular complexity index is 108. The maximum atomic E-state index is 10.4. The molecule has 0 aromatic heterocycles. The third kappa shape index (κ3) is 7.65. The molecule has 9 heavy (non-hydrogen) atoms. The molecule has 0 aromatic rings. The Morgan fingerprint density at radius 2 is 1.89 bits per heavy atom. The molecule has 0 aliphatic rings. The van der Waals surface area contributed by atoms with Crippen LogP contribution in [0.2, 0.25) is 0 Å². The Balaban J connectivity index is 3.39. The van der Waals surface area contributed by atoms with Crippen molar-refractivity contribution in [2.45, 2.75) is 6.92 Å². The van der Waals surface area contributed by atoms with Crippen molar-refractivity contribution in [3.63, 3.8) is 0 Å². The normalized spacial score (nSPS) is 12.4. The number of amides is 1. The zero-order valence-electron chi connectivity index (χ0n) is 6.56. The van der Waals surface area contributed by atoms with Crippen LogP contribution in [-0.2, 0) is 4.79 Å². The van der Waals surface area contributed by atoms with Crippen molar-refractivity contribution >= 4 is 15.7 Å². The van der Waals surface area contributed by atoms with Gasteiger partial charge in [-0.2, -0.15) is 0 Å². The van der Waals surface area contributed by atoms with Gasteiger partial charge >= 0.3 is 9.84 Å². The molecule has 0 fully saturated rings. The first kappa shape index (κ1) is 8.65. The van der Waals surface area contributed by atoms with E-state index in [2.05, 4.69) is 26.1 Å². The zero-order chi connectivity index (χ0) is 7.49. The molecule has 0 aliphatic heterocycles. The van der Waals surface area contributed by atoms with E-state index >= 15 is 0 Å². The van der Waals surface area contributed by atoms with Gasteiger partial charge in [0.15, 0.2) is 0 Å². The number of nitrogens with zero attached hydrogens (tertiary/aromatic N) is 1. The highest BCUT2D eigenvalue weighted by molar-refractivity contribution is 6.28. The van der Waals surface area contributed by atoms with E-state index in [9.17, 15) is 4.79 Å². The number of hydrogen-bond acceptors (Lipinski definition) is 1. The highest BCUT2D eigenvalue weighted by Crippen LogP contribution is 1.80. The van der Waals surface area contributed by atoms with Gasteiger partial charge in [-0.05, 0) is 0 Å². The number of quaternary nitrogens is 1. The molecule has 0 saturated carbocycles. The topological polar surface area (TPSA) is 29.1 Å². The fourth-order valence-corrected chi connectivity index (χ4v) is 1.05. The quantitative estimate of drug-likeness (QED) is 0.490. The summed E-state index contributed by atoms with van der Waals surface area (Å²) in [6.45, 7) is 1.56. The average Bonchev–Trinajstić information content (AvgIpc) is 1.59. The maximum Gasteiger partial charge on any atom is 0.366 e. The van der Waals surface area contributed by atoms with E-state index in [1.54, 1.807) is 6.92 Å². The summed E-state index contributed by atoms with van der Waals surface area (Å²) in [7, 11) is 5.80. The minimum absolute atomic E-state index is 0.0923. The van der Waals surface area contributed by atoms with Crippen molar-refractivity contribution < 1.29 is 8.94 Å². The molecule has 0 heterocycles. The molecule has 0 aromatic carbocycles. The van der Waals surface area contributed by atoms with Crippen LogP contribution in [0, 0.1) is 0 Å². The fraction of sp³-hybridized carbons (Fsp3) is 0.800. The molecule has 0 atom stereocenters. The summed E-state index contributed by atoms with van der Waals surface area (Å²) >= 11 is 0. The Labute approximate surface area is 58.6 Å². The summed E-state index contributed by atoms with van der Waals surface area (Å²) in [6, 6.07) is 0. The molecule has 0 aliphatic carbocycles. The molecular formula is C5H15N2OSi+. The lowest BCUT2D eigenvalue weighted by Gasteiger charge is -2.23. The summed E-state index contributed by atoms with van der Waals surface area (Å²) in [5.74, 6) is 0.0923. The van der Waals surface area contributed by atoms with Crippen LogP contribution in [0.25, 0.3) is 0 Å². The second kappa shape index (κ2) is 2.98. The molecule has 3 nitrogen and oxygen atoms in total. The molecule has 0 radical (unpaired) electrons. The van der Waals surface area contributed by atoms with Gasteiger partial charge in [-0.25, -0.2) is 0 Å². The van der Waals surface area contributed by atoms with Gasteiger partial charge in [-0.1, -0.05) is 0 Å². The van der Waals surface area contributed by atoms with Gasteiger partial charge in [-0.15, -0.1) is 0 Å². The molecule has 4 heteroatoms. The Kier molecular flexibility index (Phi) is 2.86. The third-order valence-corrected chi connectivity index (χ3v) is 2.41. The first-order valence-corrected chi connectivity index (χ1v) is 4.31. The van der Waals surface area contributed by atoms with Crippen molar-refractivity contribution in [3.05, 3.63) is 0 Å². The molecule has 0 rings (SSSR count). The van der Waals surface area contributed by atoms with E-state index in [1.165, 1.54) is 0 Å². The fourth-order valence-electron chi connectivity index (χ4n) is 0.349. The summed E-state index contributed by atoms with van der Waals surface area (Å²) in [5.41, 5.74) is 0. The van der Waals surface area contributed by atoms with Crippen LogP contribution in [-0.4, -0.2) is 41.0 Å². The van der Waals surface area contributed by atoms with Gasteiger partial charge in [0, 0.05) is 6.92 Å². The highest BCUT2D eigenvalue weighted by atomic mass is 28.2. The SMILES string of the molecule is CC(=O)N[SiH2][N+](C)(C)C. The van der Waals surface area contributed by atoms with Crippen LogP contribution in [0.15, 0.2) is 0 Å². The molecular weight excluding hydrogens is 132 g/mol. The Morgan fingerprint density at radius 3 is 2.00 bits per heavy atom. The van der Waals surface area contributed by atoms with Crippen molar-refractivity contribution in [3.8, 4) is 0 Å². The molecule has 54 valence electrons. The summed E-state index contributed by atoms with van der Waals surface area (Å²) in [5, 5.41) is 0. The van der Waals surface area contributed by atoms with Crippen LogP contribution in [0.1, 0.15) is 6.92 Å². The monoisotopic (exact) mass is 147 g/mol. The smallest absolute Gasteiger partial charge is 0.366 e. The number of nitrogens with one attached hydrogen (secondary N) is 1. The highest BCUT2D eigenvalue weighted by Gasteiger charge is 2.07. The summed E-state index contributed by atoms with van der Waals surface area (Å²) < 4.78 is 0.902. The third-order valence-electron chi connectivity index (χ3n) is 0.802. The Morgan fingerprint density at radius 1 is 1.44 bits per heavy atom. The van der Waals surface area contributed by atoms with E-state index < -0.39 is 9.84 Å². The van der Waals surface area contributed by atoms with Crippen LogP contribution >= 0.6 is 0 Å². The van der Waals surface area contributed by atoms with Gasteiger partial charge in [0.2, 0.25) is 5.91 Å². The van der Waals surface area contributed by atoms with Crippen molar-refractivity contribution in [1.29, 1.82) is 0 Å².